The van der Waals surface area contributed by atoms with Crippen LogP contribution in [0.3, 0.4) is 0 Å². The summed E-state index contributed by atoms with van der Waals surface area (Å²) in [6, 6.07) is 17.4. The lowest BCUT2D eigenvalue weighted by Crippen LogP contribution is -2.30. The first-order chi connectivity index (χ1) is 36.4. The van der Waals surface area contributed by atoms with Gasteiger partial charge in [0.25, 0.3) is 0 Å². The lowest BCUT2D eigenvalue weighted by Gasteiger charge is -2.18. The highest BCUT2D eigenvalue weighted by Gasteiger charge is 2.20. The molecule has 0 aliphatic carbocycles. The van der Waals surface area contributed by atoms with E-state index in [9.17, 15) is 41.9 Å². The third-order valence-electron chi connectivity index (χ3n) is 11.8. The van der Waals surface area contributed by atoms with Crippen LogP contribution in [0.25, 0.3) is 18.2 Å². The average Bonchev–Trinajstić information content (AvgIpc) is 3.40. The van der Waals surface area contributed by atoms with Gasteiger partial charge >= 0.3 is 35.8 Å². The van der Waals surface area contributed by atoms with Gasteiger partial charge in [-0.05, 0) is 110 Å². The van der Waals surface area contributed by atoms with Crippen LogP contribution in [0.4, 0.5) is 13.2 Å². The molecule has 0 heterocycles. The van der Waals surface area contributed by atoms with E-state index in [0.717, 1.165) is 116 Å². The number of halogens is 3. The molecule has 0 spiro atoms. The molecule has 3 aromatic carbocycles. The number of carbonyl (C=O) groups is 6. The molecule has 0 atom stereocenters. The second kappa shape index (κ2) is 40.8. The predicted molar refractivity (Wildman–Crippen MR) is 282 cm³/mol. The maximum Gasteiger partial charge on any atom is 0.330 e. The molecule has 0 amide bonds. The van der Waals surface area contributed by atoms with Gasteiger partial charge < -0.3 is 28.4 Å². The van der Waals surface area contributed by atoms with Gasteiger partial charge in [-0.25, -0.2) is 27.6 Å². The highest BCUT2D eigenvalue weighted by atomic mass is 19.1. The monoisotopic (exact) mass is 1050 g/mol. The first-order valence-corrected chi connectivity index (χ1v) is 26.8. The van der Waals surface area contributed by atoms with Crippen molar-refractivity contribution in [3.05, 3.63) is 125 Å². The lowest BCUT2D eigenvalue weighted by atomic mass is 10.1. The molecule has 0 bridgehead atoms. The van der Waals surface area contributed by atoms with E-state index in [2.05, 4.69) is 0 Å². The Balaban J connectivity index is 1.25. The van der Waals surface area contributed by atoms with E-state index in [1.165, 1.54) is 54.6 Å². The quantitative estimate of drug-likeness (QED) is 0.0230. The zero-order valence-corrected chi connectivity index (χ0v) is 43.5. The summed E-state index contributed by atoms with van der Waals surface area (Å²) in [7, 11) is 0. The summed E-state index contributed by atoms with van der Waals surface area (Å²) in [5, 5.41) is 0. The van der Waals surface area contributed by atoms with Crippen molar-refractivity contribution in [2.24, 2.45) is 0 Å². The molecule has 75 heavy (non-hydrogen) atoms. The summed E-state index contributed by atoms with van der Waals surface area (Å²) in [5.41, 5.74) is 2.11. The Kier molecular flexibility index (Phi) is 34.2. The molecule has 0 aliphatic heterocycles. The van der Waals surface area contributed by atoms with Gasteiger partial charge in [0.05, 0.1) is 19.8 Å². The van der Waals surface area contributed by atoms with Crippen molar-refractivity contribution in [2.75, 3.05) is 33.0 Å². The van der Waals surface area contributed by atoms with Gasteiger partial charge in [0.1, 0.15) is 30.7 Å². The van der Waals surface area contributed by atoms with E-state index in [1.807, 2.05) is 0 Å². The minimum atomic E-state index is -0.937. The van der Waals surface area contributed by atoms with Crippen LogP contribution in [-0.4, -0.2) is 75.0 Å². The first kappa shape index (κ1) is 62.8. The predicted octanol–water partition coefficient (Wildman–Crippen LogP) is 13.5. The second-order valence-electron chi connectivity index (χ2n) is 18.3. The zero-order chi connectivity index (χ0) is 54.0. The smallest absolute Gasteiger partial charge is 0.330 e. The van der Waals surface area contributed by atoms with Crippen LogP contribution in [0.1, 0.15) is 171 Å². The summed E-state index contributed by atoms with van der Waals surface area (Å²) in [6.07, 6.45) is 26.2. The van der Waals surface area contributed by atoms with Gasteiger partial charge in [0, 0.05) is 37.5 Å². The highest BCUT2D eigenvalue weighted by molar-refractivity contribution is 5.88. The van der Waals surface area contributed by atoms with Crippen LogP contribution in [0, 0.1) is 17.5 Å². The molecule has 12 nitrogen and oxygen atoms in total. The summed E-state index contributed by atoms with van der Waals surface area (Å²) in [4.78, 5) is 74.0. The van der Waals surface area contributed by atoms with Gasteiger partial charge in [-0.15, -0.1) is 0 Å². The van der Waals surface area contributed by atoms with E-state index >= 15 is 0 Å². The van der Waals surface area contributed by atoms with Crippen molar-refractivity contribution in [3.8, 4) is 0 Å². The molecule has 0 fully saturated rings. The van der Waals surface area contributed by atoms with E-state index < -0.39 is 41.9 Å². The summed E-state index contributed by atoms with van der Waals surface area (Å²) in [6.45, 7) is 0.488. The van der Waals surface area contributed by atoms with Gasteiger partial charge in [-0.1, -0.05) is 133 Å². The number of carbonyl (C=O) groups excluding carboxylic acids is 6. The topological polar surface area (TPSA) is 158 Å². The molecule has 0 aromatic heterocycles. The van der Waals surface area contributed by atoms with Gasteiger partial charge in [0.2, 0.25) is 0 Å². The highest BCUT2D eigenvalue weighted by Crippen LogP contribution is 2.15. The molecular weight excluding hydrogens is 970 g/mol. The molecule has 0 saturated carbocycles. The Morgan fingerprint density at radius 3 is 0.880 bits per heavy atom. The van der Waals surface area contributed by atoms with Crippen LogP contribution in [0.2, 0.25) is 0 Å². The third-order valence-corrected chi connectivity index (χ3v) is 11.8. The van der Waals surface area contributed by atoms with Crippen molar-refractivity contribution in [3.63, 3.8) is 0 Å². The Morgan fingerprint density at radius 2 is 0.587 bits per heavy atom. The average molecular weight is 1050 g/mol. The standard InChI is InChI=1S/C60H77F3O12/c61-51-34-25-48(26-35-51)31-40-57(66)70-43-19-13-7-1-4-10-16-22-55(64)73-46-54(75-60(69)24-18-12-6-3-9-15-21-45-72-59(68)42-33-50-29-38-53(63)39-30-50)47-74-56(65)23-17-11-5-2-8-14-20-44-71-58(67)41-32-49-27-36-52(62)37-28-49/h25-42,54H,1-24,43-47H2. The number of rotatable bonds is 41. The fourth-order valence-electron chi connectivity index (χ4n) is 7.52. The normalized spacial score (nSPS) is 11.7. The molecule has 0 saturated heterocycles. The molecule has 0 unspecified atom stereocenters. The molecule has 15 heteroatoms. The lowest BCUT2D eigenvalue weighted by molar-refractivity contribution is -0.167. The van der Waals surface area contributed by atoms with Crippen LogP contribution in [0.15, 0.2) is 91.0 Å². The van der Waals surface area contributed by atoms with Crippen molar-refractivity contribution >= 4 is 54.0 Å². The molecular formula is C60H77F3O12. The minimum Gasteiger partial charge on any atom is -0.463 e. The summed E-state index contributed by atoms with van der Waals surface area (Å²) < 4.78 is 71.4. The molecule has 3 rings (SSSR count). The van der Waals surface area contributed by atoms with Gasteiger partial charge in [-0.2, -0.15) is 0 Å². The SMILES string of the molecule is O=C(C=Cc1ccc(F)cc1)OCCCCCCCCCC(=O)OCC(COC(=O)CCCCCCCCCOC(=O)C=Cc1ccc(F)cc1)OC(=O)CCCCCCCCCOC(=O)C=Cc1ccc(F)cc1. The van der Waals surface area contributed by atoms with Crippen molar-refractivity contribution < 1.29 is 70.4 Å². The maximum atomic E-state index is 13.1. The van der Waals surface area contributed by atoms with Crippen LogP contribution < -0.4 is 0 Å². The Bertz CT molecular complexity index is 2070. The number of ether oxygens (including phenoxy) is 6. The summed E-state index contributed by atoms with van der Waals surface area (Å²) in [5.74, 6) is -3.69. The number of benzene rings is 3. The Hall–Kier alpha value is -6.51. The van der Waals surface area contributed by atoms with E-state index in [-0.39, 0.29) is 49.9 Å². The van der Waals surface area contributed by atoms with E-state index in [0.29, 0.717) is 55.8 Å². The fourth-order valence-corrected chi connectivity index (χ4v) is 7.52. The molecule has 3 aromatic rings. The molecule has 0 N–H and O–H groups in total. The number of esters is 6. The van der Waals surface area contributed by atoms with Gasteiger partial charge in [0.15, 0.2) is 6.10 Å². The van der Waals surface area contributed by atoms with Crippen molar-refractivity contribution in [2.45, 2.75) is 160 Å². The summed E-state index contributed by atoms with van der Waals surface area (Å²) >= 11 is 0. The van der Waals surface area contributed by atoms with E-state index in [1.54, 1.807) is 54.6 Å². The van der Waals surface area contributed by atoms with Crippen molar-refractivity contribution in [1.29, 1.82) is 0 Å². The third kappa shape index (κ3) is 34.6. The minimum absolute atomic E-state index is 0.169. The maximum absolute atomic E-state index is 13.1. The Morgan fingerprint density at radius 1 is 0.333 bits per heavy atom. The fraction of sp³-hybridized carbons (Fsp3) is 0.500. The van der Waals surface area contributed by atoms with Gasteiger partial charge in [-0.3, -0.25) is 14.4 Å². The number of unbranched alkanes of at least 4 members (excludes halogenated alkanes) is 18. The van der Waals surface area contributed by atoms with Crippen LogP contribution in [0.5, 0.6) is 0 Å². The zero-order valence-electron chi connectivity index (χ0n) is 43.5. The molecule has 0 radical (unpaired) electrons. The largest absolute Gasteiger partial charge is 0.463 e. The van der Waals surface area contributed by atoms with Crippen LogP contribution in [-0.2, 0) is 57.2 Å². The number of hydrogen-bond donors (Lipinski definition) is 0. The number of hydrogen-bond acceptors (Lipinski definition) is 12. The van der Waals surface area contributed by atoms with Crippen LogP contribution >= 0.6 is 0 Å². The second-order valence-corrected chi connectivity index (χ2v) is 18.3. The first-order valence-electron chi connectivity index (χ1n) is 26.8. The Labute approximate surface area is 441 Å². The molecule has 410 valence electrons. The van der Waals surface area contributed by atoms with Crippen molar-refractivity contribution in [1.82, 2.24) is 0 Å². The molecule has 0 aliphatic rings. The van der Waals surface area contributed by atoms with E-state index in [4.69, 9.17) is 28.4 Å².